The first-order valence-electron chi connectivity index (χ1n) is 8.39. The quantitative estimate of drug-likeness (QED) is 0.469. The summed E-state index contributed by atoms with van der Waals surface area (Å²) in [5.74, 6) is -1.65. The summed E-state index contributed by atoms with van der Waals surface area (Å²) in [5, 5.41) is 15.7. The Kier molecular flexibility index (Phi) is 6.65. The molecular weight excluding hydrogens is 342 g/mol. The largest absolute Gasteiger partial charge is 0.452 e. The van der Waals surface area contributed by atoms with Crippen LogP contribution in [0.1, 0.15) is 48.0 Å². The molecule has 0 spiro atoms. The third kappa shape index (κ3) is 5.54. The van der Waals surface area contributed by atoms with Gasteiger partial charge in [-0.15, -0.1) is 0 Å². The number of rotatable bonds is 5. The van der Waals surface area contributed by atoms with Crippen LogP contribution in [-0.4, -0.2) is 35.5 Å². The Balaban J connectivity index is 1.81. The lowest BCUT2D eigenvalue weighted by atomic mass is 9.96. The Morgan fingerprint density at radius 1 is 1.23 bits per heavy atom. The van der Waals surface area contributed by atoms with Gasteiger partial charge in [-0.1, -0.05) is 25.3 Å². The predicted octanol–water partition coefficient (Wildman–Crippen LogP) is 2.22. The molecule has 2 N–H and O–H groups in total. The van der Waals surface area contributed by atoms with Crippen LogP contribution in [0.5, 0.6) is 0 Å². The maximum atomic E-state index is 11.9. The third-order valence-corrected chi connectivity index (χ3v) is 4.17. The summed E-state index contributed by atoms with van der Waals surface area (Å²) in [5.41, 5.74) is 0.154. The summed E-state index contributed by atoms with van der Waals surface area (Å²) in [6.07, 6.45) is 4.98. The van der Waals surface area contributed by atoms with Crippen molar-refractivity contribution in [1.82, 2.24) is 10.6 Å². The lowest BCUT2D eigenvalue weighted by Crippen LogP contribution is -2.46. The summed E-state index contributed by atoms with van der Waals surface area (Å²) in [4.78, 5) is 45.6. The first-order valence-corrected chi connectivity index (χ1v) is 8.39. The third-order valence-electron chi connectivity index (χ3n) is 4.17. The van der Waals surface area contributed by atoms with Crippen LogP contribution in [-0.2, 0) is 9.53 Å². The number of nitrogens with zero attached hydrogens (tertiary/aromatic N) is 1. The summed E-state index contributed by atoms with van der Waals surface area (Å²) in [7, 11) is 0. The van der Waals surface area contributed by atoms with Gasteiger partial charge in [-0.3, -0.25) is 20.2 Å². The van der Waals surface area contributed by atoms with Crippen molar-refractivity contribution in [2.24, 2.45) is 0 Å². The Morgan fingerprint density at radius 3 is 2.58 bits per heavy atom. The molecule has 3 amide bonds. The van der Waals surface area contributed by atoms with E-state index in [2.05, 4.69) is 10.6 Å². The number of nitro groups is 1. The molecule has 0 heterocycles. The highest BCUT2D eigenvalue weighted by Crippen LogP contribution is 2.20. The van der Waals surface area contributed by atoms with Crippen molar-refractivity contribution in [2.45, 2.75) is 45.1 Å². The van der Waals surface area contributed by atoms with E-state index in [-0.39, 0.29) is 17.3 Å². The van der Waals surface area contributed by atoms with Crippen LogP contribution in [0.2, 0.25) is 0 Å². The molecule has 9 heteroatoms. The number of carbonyl (C=O) groups excluding carboxylic acids is 3. The van der Waals surface area contributed by atoms with Gasteiger partial charge in [0.25, 0.3) is 11.6 Å². The van der Waals surface area contributed by atoms with Gasteiger partial charge in [-0.05, 0) is 25.8 Å². The van der Waals surface area contributed by atoms with E-state index in [0.717, 1.165) is 38.2 Å². The second-order valence-electron chi connectivity index (χ2n) is 6.19. The van der Waals surface area contributed by atoms with Gasteiger partial charge in [0, 0.05) is 17.7 Å². The Morgan fingerprint density at radius 2 is 1.92 bits per heavy atom. The minimum Gasteiger partial charge on any atom is -0.452 e. The van der Waals surface area contributed by atoms with E-state index in [1.807, 2.05) is 0 Å². The number of esters is 1. The zero-order valence-electron chi connectivity index (χ0n) is 14.4. The molecule has 1 aromatic carbocycles. The number of nitrogens with one attached hydrogen (secondary N) is 2. The smallest absolute Gasteiger partial charge is 0.338 e. The van der Waals surface area contributed by atoms with E-state index < -0.39 is 29.4 Å². The zero-order chi connectivity index (χ0) is 19.1. The van der Waals surface area contributed by atoms with Gasteiger partial charge in [-0.2, -0.15) is 0 Å². The van der Waals surface area contributed by atoms with Crippen molar-refractivity contribution in [3.8, 4) is 0 Å². The molecule has 2 rings (SSSR count). The molecule has 1 aliphatic carbocycles. The van der Waals surface area contributed by atoms with Crippen molar-refractivity contribution in [2.75, 3.05) is 6.61 Å². The molecule has 1 fully saturated rings. The molecule has 1 aromatic rings. The second-order valence-corrected chi connectivity index (χ2v) is 6.19. The molecule has 0 saturated heterocycles. The Hall–Kier alpha value is -2.97. The first-order chi connectivity index (χ1) is 12.4. The van der Waals surface area contributed by atoms with E-state index in [1.165, 1.54) is 12.1 Å². The standard InChI is InChI=1S/C17H21N3O6/c1-11-7-8-12(9-14(11)20(24)25)16(22)26-10-15(21)19-17(23)18-13-5-3-2-4-6-13/h7-9,13H,2-6,10H2,1H3,(H2,18,19,21,23). The van der Waals surface area contributed by atoms with Gasteiger partial charge in [0.1, 0.15) is 0 Å². The summed E-state index contributed by atoms with van der Waals surface area (Å²) in [6, 6.07) is 3.31. The van der Waals surface area contributed by atoms with Crippen LogP contribution in [0.4, 0.5) is 10.5 Å². The molecule has 0 bridgehead atoms. The van der Waals surface area contributed by atoms with Crippen LogP contribution < -0.4 is 10.6 Å². The van der Waals surface area contributed by atoms with E-state index in [9.17, 15) is 24.5 Å². The van der Waals surface area contributed by atoms with Crippen molar-refractivity contribution in [1.29, 1.82) is 0 Å². The fourth-order valence-electron chi connectivity index (χ4n) is 2.78. The van der Waals surface area contributed by atoms with Gasteiger partial charge in [0.15, 0.2) is 6.61 Å². The normalized spacial score (nSPS) is 14.3. The average molecular weight is 363 g/mol. The van der Waals surface area contributed by atoms with E-state index in [0.29, 0.717) is 5.56 Å². The SMILES string of the molecule is Cc1ccc(C(=O)OCC(=O)NC(=O)NC2CCCCC2)cc1[N+](=O)[O-]. The number of hydrogen-bond acceptors (Lipinski definition) is 6. The molecule has 26 heavy (non-hydrogen) atoms. The van der Waals surface area contributed by atoms with Crippen molar-refractivity contribution in [3.05, 3.63) is 39.4 Å². The molecule has 0 unspecified atom stereocenters. The average Bonchev–Trinajstić information content (AvgIpc) is 2.60. The number of hydrogen-bond donors (Lipinski definition) is 2. The van der Waals surface area contributed by atoms with Gasteiger partial charge in [0.05, 0.1) is 10.5 Å². The summed E-state index contributed by atoms with van der Waals surface area (Å²) >= 11 is 0. The number of urea groups is 1. The van der Waals surface area contributed by atoms with Gasteiger partial charge >= 0.3 is 12.0 Å². The maximum Gasteiger partial charge on any atom is 0.338 e. The highest BCUT2D eigenvalue weighted by Gasteiger charge is 2.19. The van der Waals surface area contributed by atoms with E-state index >= 15 is 0 Å². The molecule has 0 atom stereocenters. The number of ether oxygens (including phenoxy) is 1. The number of aryl methyl sites for hydroxylation is 1. The highest BCUT2D eigenvalue weighted by atomic mass is 16.6. The topological polar surface area (TPSA) is 128 Å². The molecule has 0 aromatic heterocycles. The number of carbonyl (C=O) groups is 3. The van der Waals surface area contributed by atoms with Crippen LogP contribution in [0.3, 0.4) is 0 Å². The number of amides is 3. The van der Waals surface area contributed by atoms with Crippen molar-refractivity contribution >= 4 is 23.6 Å². The Bertz CT molecular complexity index is 712. The molecule has 1 saturated carbocycles. The number of benzene rings is 1. The molecule has 0 aliphatic heterocycles. The lowest BCUT2D eigenvalue weighted by Gasteiger charge is -2.22. The summed E-state index contributed by atoms with van der Waals surface area (Å²) in [6.45, 7) is 0.893. The summed E-state index contributed by atoms with van der Waals surface area (Å²) < 4.78 is 4.80. The van der Waals surface area contributed by atoms with Gasteiger partial charge in [0.2, 0.25) is 0 Å². The number of nitro benzene ring substituents is 1. The fraction of sp³-hybridized carbons (Fsp3) is 0.471. The van der Waals surface area contributed by atoms with Gasteiger partial charge in [-0.25, -0.2) is 9.59 Å². The minimum absolute atomic E-state index is 0.0400. The van der Waals surface area contributed by atoms with E-state index in [1.54, 1.807) is 6.92 Å². The predicted molar refractivity (Wildman–Crippen MR) is 91.7 cm³/mol. The minimum atomic E-state index is -0.879. The fourth-order valence-corrected chi connectivity index (χ4v) is 2.78. The molecular formula is C17H21N3O6. The van der Waals surface area contributed by atoms with Crippen LogP contribution in [0, 0.1) is 17.0 Å². The van der Waals surface area contributed by atoms with Crippen LogP contribution >= 0.6 is 0 Å². The van der Waals surface area contributed by atoms with Crippen LogP contribution in [0.25, 0.3) is 0 Å². The maximum absolute atomic E-state index is 11.9. The monoisotopic (exact) mass is 363 g/mol. The van der Waals surface area contributed by atoms with E-state index in [4.69, 9.17) is 4.74 Å². The van der Waals surface area contributed by atoms with Crippen LogP contribution in [0.15, 0.2) is 18.2 Å². The molecule has 9 nitrogen and oxygen atoms in total. The first kappa shape index (κ1) is 19.4. The number of imide groups is 1. The highest BCUT2D eigenvalue weighted by molar-refractivity contribution is 5.97. The lowest BCUT2D eigenvalue weighted by molar-refractivity contribution is -0.385. The van der Waals surface area contributed by atoms with Crippen molar-refractivity contribution in [3.63, 3.8) is 0 Å². The van der Waals surface area contributed by atoms with Crippen molar-refractivity contribution < 1.29 is 24.0 Å². The second kappa shape index (κ2) is 8.93. The molecule has 0 radical (unpaired) electrons. The Labute approximate surface area is 150 Å². The zero-order valence-corrected chi connectivity index (χ0v) is 14.4. The van der Waals surface area contributed by atoms with Gasteiger partial charge < -0.3 is 10.1 Å². The molecule has 140 valence electrons. The molecule has 1 aliphatic rings.